The van der Waals surface area contributed by atoms with Gasteiger partial charge < -0.3 is 10.0 Å². The maximum Gasteiger partial charge on any atom is 0.228 e. The lowest BCUT2D eigenvalue weighted by Crippen LogP contribution is -2.30. The van der Waals surface area contributed by atoms with Crippen molar-refractivity contribution in [2.24, 2.45) is 5.92 Å². The molecule has 1 aromatic carbocycles. The number of carbonyl (C=O) groups is 1. The molecule has 24 heavy (non-hydrogen) atoms. The Kier molecular flexibility index (Phi) is 5.01. The number of likely N-dealkylation sites (tertiary alicyclic amines) is 1. The maximum atomic E-state index is 12.7. The first-order chi connectivity index (χ1) is 11.5. The first kappa shape index (κ1) is 17.1. The Hall–Kier alpha value is -1.72. The number of aryl methyl sites for hydroxylation is 2. The summed E-state index contributed by atoms with van der Waals surface area (Å²) in [7, 11) is 0. The van der Waals surface area contributed by atoms with Crippen LogP contribution in [0.2, 0.25) is 0 Å². The second-order valence-electron chi connectivity index (χ2n) is 6.58. The van der Waals surface area contributed by atoms with E-state index in [-0.39, 0.29) is 11.8 Å². The lowest BCUT2D eigenvalue weighted by Gasteiger charge is -2.15. The molecule has 1 amide bonds. The van der Waals surface area contributed by atoms with E-state index in [9.17, 15) is 9.90 Å². The summed E-state index contributed by atoms with van der Waals surface area (Å²) in [5.74, 6) is 0.288. The van der Waals surface area contributed by atoms with Crippen LogP contribution in [-0.2, 0) is 11.2 Å². The van der Waals surface area contributed by atoms with Gasteiger partial charge in [-0.2, -0.15) is 0 Å². The van der Waals surface area contributed by atoms with Crippen molar-refractivity contribution in [2.45, 2.75) is 39.7 Å². The summed E-state index contributed by atoms with van der Waals surface area (Å²) in [5.41, 5.74) is 3.18. The van der Waals surface area contributed by atoms with Gasteiger partial charge in [-0.25, -0.2) is 4.98 Å². The van der Waals surface area contributed by atoms with Gasteiger partial charge in [0.15, 0.2) is 0 Å². The van der Waals surface area contributed by atoms with Crippen molar-refractivity contribution in [1.29, 1.82) is 0 Å². The van der Waals surface area contributed by atoms with E-state index < -0.39 is 6.10 Å². The van der Waals surface area contributed by atoms with Crippen molar-refractivity contribution in [1.82, 2.24) is 9.88 Å². The summed E-state index contributed by atoms with van der Waals surface area (Å²) < 4.78 is 0. The third-order valence-corrected chi connectivity index (χ3v) is 5.70. The fraction of sp³-hybridized carbons (Fsp3) is 0.474. The first-order valence-electron chi connectivity index (χ1n) is 8.47. The fourth-order valence-corrected chi connectivity index (χ4v) is 4.18. The number of aliphatic hydroxyl groups excluding tert-OH is 1. The highest BCUT2D eigenvalue weighted by molar-refractivity contribution is 7.12. The number of hydrogen-bond acceptors (Lipinski definition) is 4. The fourth-order valence-electron chi connectivity index (χ4n) is 3.23. The Morgan fingerprint density at radius 2 is 2.00 bits per heavy atom. The van der Waals surface area contributed by atoms with Crippen LogP contribution in [0, 0.1) is 19.8 Å². The molecular formula is C19H24N2O2S. The molecule has 1 aliphatic rings. The molecule has 4 nitrogen and oxygen atoms in total. The number of aromatic nitrogens is 1. The molecular weight excluding hydrogens is 320 g/mol. The number of nitrogens with zero attached hydrogens (tertiary/aromatic N) is 2. The van der Waals surface area contributed by atoms with Crippen molar-refractivity contribution in [2.75, 3.05) is 13.1 Å². The first-order valence-corrected chi connectivity index (χ1v) is 9.28. The number of thiazole rings is 1. The summed E-state index contributed by atoms with van der Waals surface area (Å²) in [4.78, 5) is 20.1. The van der Waals surface area contributed by atoms with Gasteiger partial charge in [-0.15, -0.1) is 11.3 Å². The molecule has 5 heteroatoms. The van der Waals surface area contributed by atoms with Gasteiger partial charge in [-0.05, 0) is 20.3 Å². The minimum Gasteiger partial charge on any atom is -0.391 e. The summed E-state index contributed by atoms with van der Waals surface area (Å²) >= 11 is 1.59. The Balaban J connectivity index is 1.78. The molecule has 0 radical (unpaired) electrons. The third-order valence-electron chi connectivity index (χ3n) is 4.72. The monoisotopic (exact) mass is 344 g/mol. The number of benzene rings is 1. The van der Waals surface area contributed by atoms with Gasteiger partial charge in [0.05, 0.1) is 23.2 Å². The van der Waals surface area contributed by atoms with Crippen LogP contribution in [-0.4, -0.2) is 40.1 Å². The molecule has 1 N–H and O–H groups in total. The lowest BCUT2D eigenvalue weighted by atomic mass is 10.0. The Morgan fingerprint density at radius 3 is 2.62 bits per heavy atom. The molecule has 1 saturated heterocycles. The van der Waals surface area contributed by atoms with Gasteiger partial charge in [0, 0.05) is 29.4 Å². The average Bonchev–Trinajstić information content (AvgIpc) is 3.11. The smallest absolute Gasteiger partial charge is 0.228 e. The number of amides is 1. The van der Waals surface area contributed by atoms with Gasteiger partial charge >= 0.3 is 0 Å². The van der Waals surface area contributed by atoms with E-state index >= 15 is 0 Å². The number of rotatable bonds is 4. The van der Waals surface area contributed by atoms with Gasteiger partial charge in [-0.1, -0.05) is 36.8 Å². The lowest BCUT2D eigenvalue weighted by molar-refractivity contribution is -0.129. The highest BCUT2D eigenvalue weighted by atomic mass is 32.1. The second-order valence-corrected chi connectivity index (χ2v) is 7.87. The van der Waals surface area contributed by atoms with E-state index in [1.807, 2.05) is 6.92 Å². The molecule has 128 valence electrons. The van der Waals surface area contributed by atoms with Crippen LogP contribution in [0.4, 0.5) is 0 Å². The zero-order chi connectivity index (χ0) is 17.3. The van der Waals surface area contributed by atoms with Crippen LogP contribution >= 0.6 is 11.3 Å². The van der Waals surface area contributed by atoms with Crippen LogP contribution in [0.25, 0.3) is 11.3 Å². The van der Waals surface area contributed by atoms with Crippen molar-refractivity contribution in [3.8, 4) is 11.3 Å². The van der Waals surface area contributed by atoms with Crippen LogP contribution in [0.5, 0.6) is 0 Å². The van der Waals surface area contributed by atoms with Crippen LogP contribution in [0.1, 0.15) is 28.8 Å². The van der Waals surface area contributed by atoms with E-state index in [4.69, 9.17) is 0 Å². The molecule has 0 aliphatic carbocycles. The van der Waals surface area contributed by atoms with Crippen molar-refractivity contribution in [3.05, 3.63) is 39.7 Å². The van der Waals surface area contributed by atoms with E-state index in [0.29, 0.717) is 19.5 Å². The van der Waals surface area contributed by atoms with Crippen molar-refractivity contribution < 1.29 is 9.90 Å². The van der Waals surface area contributed by atoms with E-state index in [0.717, 1.165) is 27.6 Å². The predicted molar refractivity (Wildman–Crippen MR) is 97.1 cm³/mol. The molecule has 0 bridgehead atoms. The molecule has 3 rings (SSSR count). The van der Waals surface area contributed by atoms with E-state index in [1.165, 1.54) is 5.56 Å². The summed E-state index contributed by atoms with van der Waals surface area (Å²) in [5, 5.41) is 11.0. The average molecular weight is 344 g/mol. The topological polar surface area (TPSA) is 53.4 Å². The molecule has 1 fully saturated rings. The Labute approximate surface area is 147 Å². The molecule has 2 atom stereocenters. The van der Waals surface area contributed by atoms with E-state index in [2.05, 4.69) is 43.1 Å². The van der Waals surface area contributed by atoms with Gasteiger partial charge in [-0.3, -0.25) is 4.79 Å². The Bertz CT molecular complexity index is 723. The normalized spacial score (nSPS) is 20.6. The standard InChI is InChI=1S/C19H24N2O2S/c1-4-14-10-21(11-16(14)22)18(23)9-17-19(20-13(3)24-17)15-7-5-12(2)6-8-15/h5-8,14,16,22H,4,9-11H2,1-3H3. The summed E-state index contributed by atoms with van der Waals surface area (Å²) in [6, 6.07) is 8.26. The van der Waals surface area contributed by atoms with E-state index in [1.54, 1.807) is 16.2 Å². The predicted octanol–water partition coefficient (Wildman–Crippen LogP) is 3.20. The molecule has 2 heterocycles. The number of β-amino-alcohol motifs (C(OH)–C–C–N with tert-alkyl or cyclic N) is 1. The number of aliphatic hydroxyl groups is 1. The number of carbonyl (C=O) groups excluding carboxylic acids is 1. The Morgan fingerprint density at radius 1 is 1.29 bits per heavy atom. The molecule has 2 aromatic rings. The molecule has 2 unspecified atom stereocenters. The molecule has 0 spiro atoms. The summed E-state index contributed by atoms with van der Waals surface area (Å²) in [6.45, 7) is 7.21. The second kappa shape index (κ2) is 7.03. The maximum absolute atomic E-state index is 12.7. The molecule has 1 aromatic heterocycles. The van der Waals surface area contributed by atoms with Crippen LogP contribution in [0.15, 0.2) is 24.3 Å². The summed E-state index contributed by atoms with van der Waals surface area (Å²) in [6.07, 6.45) is 0.871. The zero-order valence-electron chi connectivity index (χ0n) is 14.5. The van der Waals surface area contributed by atoms with Crippen LogP contribution in [0.3, 0.4) is 0 Å². The highest BCUT2D eigenvalue weighted by Gasteiger charge is 2.33. The minimum absolute atomic E-state index is 0.0852. The SMILES string of the molecule is CCC1CN(C(=O)Cc2sc(C)nc2-c2ccc(C)cc2)CC1O. The minimum atomic E-state index is -0.390. The third kappa shape index (κ3) is 3.52. The molecule has 0 saturated carbocycles. The van der Waals surface area contributed by atoms with Gasteiger partial charge in [0.25, 0.3) is 0 Å². The van der Waals surface area contributed by atoms with Crippen LogP contribution < -0.4 is 0 Å². The largest absolute Gasteiger partial charge is 0.391 e. The van der Waals surface area contributed by atoms with Crippen molar-refractivity contribution >= 4 is 17.2 Å². The zero-order valence-corrected chi connectivity index (χ0v) is 15.3. The highest BCUT2D eigenvalue weighted by Crippen LogP contribution is 2.30. The van der Waals surface area contributed by atoms with Gasteiger partial charge in [0.1, 0.15) is 0 Å². The molecule has 1 aliphatic heterocycles. The quantitative estimate of drug-likeness (QED) is 0.927. The van der Waals surface area contributed by atoms with Crippen molar-refractivity contribution in [3.63, 3.8) is 0 Å². The number of hydrogen-bond donors (Lipinski definition) is 1. The van der Waals surface area contributed by atoms with Gasteiger partial charge in [0.2, 0.25) is 5.91 Å².